The van der Waals surface area contributed by atoms with Crippen molar-refractivity contribution in [3.8, 4) is 16.2 Å². The molecule has 0 saturated carbocycles. The molecule has 1 aromatic heterocycles. The van der Waals surface area contributed by atoms with E-state index in [2.05, 4.69) is 64.3 Å². The quantitative estimate of drug-likeness (QED) is 0.343. The summed E-state index contributed by atoms with van der Waals surface area (Å²) < 4.78 is 5.96. The summed E-state index contributed by atoms with van der Waals surface area (Å²) in [6.07, 6.45) is 2.76. The van der Waals surface area contributed by atoms with Gasteiger partial charge >= 0.3 is 0 Å². The molecule has 7 heteroatoms. The van der Waals surface area contributed by atoms with Crippen molar-refractivity contribution in [1.29, 1.82) is 0 Å². The average molecular weight is 533 g/mol. The predicted octanol–water partition coefficient (Wildman–Crippen LogP) is 5.00. The standard InChI is InChI=1S/C31H40N4O2S/c1-21-7-8-26(37-27-18-33-19-27)16-29(21)31(36)34-22(2)24-5-4-6-25(15-24)30-10-9-28(38-30)20-32-17-23-11-13-35(3)14-12-23/h4-10,15-16,22-23,27,32-33H,11-14,17-20H2,1-3H3,(H,34,36)/t22-/m1/s1. The van der Waals surface area contributed by atoms with Crippen LogP contribution in [0.1, 0.15) is 52.2 Å². The molecule has 0 unspecified atom stereocenters. The molecule has 3 aromatic rings. The van der Waals surface area contributed by atoms with Gasteiger partial charge in [-0.3, -0.25) is 4.79 Å². The molecule has 202 valence electrons. The third kappa shape index (κ3) is 6.83. The molecule has 38 heavy (non-hydrogen) atoms. The van der Waals surface area contributed by atoms with Gasteiger partial charge in [0.05, 0.1) is 6.04 Å². The lowest BCUT2D eigenvalue weighted by molar-refractivity contribution is 0.0937. The van der Waals surface area contributed by atoms with E-state index in [4.69, 9.17) is 4.74 Å². The van der Waals surface area contributed by atoms with Crippen molar-refractivity contribution in [2.45, 2.75) is 45.4 Å². The van der Waals surface area contributed by atoms with Gasteiger partial charge in [-0.05, 0) is 106 Å². The van der Waals surface area contributed by atoms with Gasteiger partial charge in [0.1, 0.15) is 11.9 Å². The summed E-state index contributed by atoms with van der Waals surface area (Å²) in [4.78, 5) is 18.2. The maximum absolute atomic E-state index is 13.2. The first kappa shape index (κ1) is 26.9. The zero-order valence-electron chi connectivity index (χ0n) is 22.8. The van der Waals surface area contributed by atoms with Gasteiger partial charge in [-0.15, -0.1) is 11.3 Å². The lowest BCUT2D eigenvalue weighted by Gasteiger charge is -2.28. The number of rotatable bonds is 10. The molecule has 1 atom stereocenters. The number of thiophene rings is 1. The van der Waals surface area contributed by atoms with E-state index in [1.54, 1.807) is 0 Å². The van der Waals surface area contributed by atoms with E-state index >= 15 is 0 Å². The monoisotopic (exact) mass is 532 g/mol. The van der Waals surface area contributed by atoms with E-state index in [0.29, 0.717) is 5.56 Å². The van der Waals surface area contributed by atoms with Crippen LogP contribution in [0.15, 0.2) is 54.6 Å². The van der Waals surface area contributed by atoms with Crippen molar-refractivity contribution >= 4 is 17.2 Å². The fourth-order valence-corrected chi connectivity index (χ4v) is 6.04. The molecule has 0 bridgehead atoms. The number of amides is 1. The van der Waals surface area contributed by atoms with Crippen LogP contribution >= 0.6 is 11.3 Å². The van der Waals surface area contributed by atoms with E-state index in [9.17, 15) is 4.79 Å². The summed E-state index contributed by atoms with van der Waals surface area (Å²) in [7, 11) is 2.21. The van der Waals surface area contributed by atoms with Gasteiger partial charge in [-0.25, -0.2) is 0 Å². The second kappa shape index (κ2) is 12.4. The highest BCUT2D eigenvalue weighted by molar-refractivity contribution is 7.15. The molecule has 2 aromatic carbocycles. The Morgan fingerprint density at radius 3 is 2.71 bits per heavy atom. The van der Waals surface area contributed by atoms with Gasteiger partial charge in [-0.1, -0.05) is 24.3 Å². The second-order valence-electron chi connectivity index (χ2n) is 10.8. The van der Waals surface area contributed by atoms with E-state index in [1.165, 1.54) is 41.2 Å². The van der Waals surface area contributed by atoms with Crippen molar-refractivity contribution in [1.82, 2.24) is 20.9 Å². The number of aryl methyl sites for hydroxylation is 1. The van der Waals surface area contributed by atoms with E-state index in [1.807, 2.05) is 43.4 Å². The van der Waals surface area contributed by atoms with Gasteiger partial charge in [0.2, 0.25) is 0 Å². The highest BCUT2D eigenvalue weighted by atomic mass is 32.1. The third-order valence-electron chi connectivity index (χ3n) is 7.75. The maximum atomic E-state index is 13.2. The van der Waals surface area contributed by atoms with Crippen LogP contribution in [-0.4, -0.2) is 56.7 Å². The Kier molecular flexibility index (Phi) is 8.79. The fourth-order valence-electron chi connectivity index (χ4n) is 5.07. The Labute approximate surface area is 230 Å². The zero-order chi connectivity index (χ0) is 26.5. The Morgan fingerprint density at radius 2 is 1.95 bits per heavy atom. The lowest BCUT2D eigenvalue weighted by atomic mass is 9.97. The Morgan fingerprint density at radius 1 is 1.13 bits per heavy atom. The number of carbonyl (C=O) groups excluding carboxylic acids is 1. The van der Waals surface area contributed by atoms with Crippen molar-refractivity contribution < 1.29 is 9.53 Å². The molecule has 3 N–H and O–H groups in total. The van der Waals surface area contributed by atoms with Crippen molar-refractivity contribution in [2.75, 3.05) is 39.8 Å². The van der Waals surface area contributed by atoms with Crippen LogP contribution in [0.4, 0.5) is 0 Å². The van der Waals surface area contributed by atoms with Crippen LogP contribution in [0.3, 0.4) is 0 Å². The molecule has 2 aliphatic heterocycles. The minimum atomic E-state index is -0.113. The Bertz CT molecular complexity index is 1230. The number of piperidine rings is 1. The summed E-state index contributed by atoms with van der Waals surface area (Å²) in [6, 6.07) is 18.6. The first-order chi connectivity index (χ1) is 18.4. The number of likely N-dealkylation sites (tertiary alicyclic amines) is 1. The molecule has 0 aliphatic carbocycles. The largest absolute Gasteiger partial charge is 0.488 e. The van der Waals surface area contributed by atoms with E-state index in [-0.39, 0.29) is 18.1 Å². The second-order valence-corrected chi connectivity index (χ2v) is 12.0. The normalized spacial score (nSPS) is 17.7. The number of hydrogen-bond acceptors (Lipinski definition) is 6. The molecule has 2 aliphatic rings. The average Bonchev–Trinajstić information content (AvgIpc) is 3.37. The first-order valence-electron chi connectivity index (χ1n) is 13.8. The molecule has 2 saturated heterocycles. The molecule has 0 spiro atoms. The summed E-state index contributed by atoms with van der Waals surface area (Å²) in [5, 5.41) is 10.1. The van der Waals surface area contributed by atoms with Gasteiger partial charge < -0.3 is 25.6 Å². The highest BCUT2D eigenvalue weighted by Gasteiger charge is 2.20. The Hall–Kier alpha value is -2.71. The first-order valence-corrected chi connectivity index (χ1v) is 14.6. The minimum Gasteiger partial charge on any atom is -0.488 e. The molecule has 2 fully saturated rings. The van der Waals surface area contributed by atoms with Crippen LogP contribution in [0.25, 0.3) is 10.4 Å². The van der Waals surface area contributed by atoms with Crippen molar-refractivity contribution in [2.24, 2.45) is 5.92 Å². The number of carbonyl (C=O) groups is 1. The van der Waals surface area contributed by atoms with Crippen LogP contribution in [0, 0.1) is 12.8 Å². The van der Waals surface area contributed by atoms with Crippen LogP contribution in [0.5, 0.6) is 5.75 Å². The van der Waals surface area contributed by atoms with Gasteiger partial charge in [-0.2, -0.15) is 0 Å². The number of benzene rings is 2. The molecule has 0 radical (unpaired) electrons. The molecular formula is C31H40N4O2S. The third-order valence-corrected chi connectivity index (χ3v) is 8.89. The Balaban J connectivity index is 1.17. The summed E-state index contributed by atoms with van der Waals surface area (Å²) >= 11 is 1.84. The van der Waals surface area contributed by atoms with Crippen molar-refractivity contribution in [3.05, 3.63) is 76.2 Å². The lowest BCUT2D eigenvalue weighted by Crippen LogP contribution is -2.50. The van der Waals surface area contributed by atoms with E-state index < -0.39 is 0 Å². The molecule has 3 heterocycles. The fraction of sp³-hybridized carbons (Fsp3) is 0.452. The van der Waals surface area contributed by atoms with Gasteiger partial charge in [0, 0.05) is 35.0 Å². The van der Waals surface area contributed by atoms with Crippen LogP contribution in [-0.2, 0) is 6.54 Å². The van der Waals surface area contributed by atoms with Crippen molar-refractivity contribution in [3.63, 3.8) is 0 Å². The zero-order valence-corrected chi connectivity index (χ0v) is 23.6. The van der Waals surface area contributed by atoms with Crippen LogP contribution in [0.2, 0.25) is 0 Å². The van der Waals surface area contributed by atoms with Gasteiger partial charge in [0.15, 0.2) is 0 Å². The maximum Gasteiger partial charge on any atom is 0.252 e. The summed E-state index contributed by atoms with van der Waals surface area (Å²) in [5.74, 6) is 1.46. The number of nitrogens with zero attached hydrogens (tertiary/aromatic N) is 1. The SMILES string of the molecule is Cc1ccc(OC2CNC2)cc1C(=O)N[C@H](C)c1cccc(-c2ccc(CNCC3CCN(C)CC3)s2)c1. The van der Waals surface area contributed by atoms with Gasteiger partial charge in [0.25, 0.3) is 5.91 Å². The highest BCUT2D eigenvalue weighted by Crippen LogP contribution is 2.30. The smallest absolute Gasteiger partial charge is 0.252 e. The predicted molar refractivity (Wildman–Crippen MR) is 156 cm³/mol. The summed E-state index contributed by atoms with van der Waals surface area (Å²) in [5.41, 5.74) is 3.89. The number of nitrogens with one attached hydrogen (secondary N) is 3. The molecule has 5 rings (SSSR count). The molecule has 6 nitrogen and oxygen atoms in total. The molecular weight excluding hydrogens is 492 g/mol. The molecule has 1 amide bonds. The van der Waals surface area contributed by atoms with E-state index in [0.717, 1.165) is 49.0 Å². The summed E-state index contributed by atoms with van der Waals surface area (Å²) in [6.45, 7) is 10.1. The number of hydrogen-bond donors (Lipinski definition) is 3. The topological polar surface area (TPSA) is 65.6 Å². The number of ether oxygens (including phenoxy) is 1. The van der Waals surface area contributed by atoms with Crippen LogP contribution < -0.4 is 20.7 Å². The minimum absolute atomic E-state index is 0.0771.